The molecule has 0 saturated carbocycles. The number of nitrogens with one attached hydrogen (secondary N) is 1. The van der Waals surface area contributed by atoms with Gasteiger partial charge in [-0.3, -0.25) is 14.9 Å². The minimum atomic E-state index is -1.48. The first kappa shape index (κ1) is 15.0. The number of amides is 1. The second-order valence-electron chi connectivity index (χ2n) is 3.93. The Balaban J connectivity index is 2.38. The van der Waals surface area contributed by atoms with Crippen molar-refractivity contribution in [2.24, 2.45) is 0 Å². The summed E-state index contributed by atoms with van der Waals surface area (Å²) in [6.45, 7) is 0. The van der Waals surface area contributed by atoms with Gasteiger partial charge in [0.25, 0.3) is 11.6 Å². The lowest BCUT2D eigenvalue weighted by Gasteiger charge is -2.06. The van der Waals surface area contributed by atoms with Crippen molar-refractivity contribution in [2.45, 2.75) is 0 Å². The molecule has 2 N–H and O–H groups in total. The normalized spacial score (nSPS) is 10.0. The van der Waals surface area contributed by atoms with E-state index < -0.39 is 39.7 Å². The van der Waals surface area contributed by atoms with Gasteiger partial charge in [0.1, 0.15) is 11.5 Å². The van der Waals surface area contributed by atoms with Gasteiger partial charge in [-0.05, 0) is 12.1 Å². The third-order valence-electron chi connectivity index (χ3n) is 2.52. The van der Waals surface area contributed by atoms with Crippen LogP contribution < -0.4 is 5.32 Å². The van der Waals surface area contributed by atoms with Crippen molar-refractivity contribution in [3.63, 3.8) is 0 Å². The monoisotopic (exact) mass is 306 g/mol. The molecule has 2 rings (SSSR count). The van der Waals surface area contributed by atoms with Gasteiger partial charge in [0.15, 0.2) is 11.4 Å². The number of nitro groups is 1. The van der Waals surface area contributed by atoms with Gasteiger partial charge in [0.05, 0.1) is 11.0 Å². The van der Waals surface area contributed by atoms with E-state index in [1.54, 1.807) is 0 Å². The molecule has 0 aliphatic carbocycles. The van der Waals surface area contributed by atoms with E-state index in [1.165, 1.54) is 0 Å². The molecule has 0 aliphatic rings. The molecule has 1 aromatic heterocycles. The average molecular weight is 306 g/mol. The fourth-order valence-corrected chi connectivity index (χ4v) is 1.60. The molecule has 1 heterocycles. The Bertz CT molecular complexity index is 780. The molecular weight excluding hydrogens is 299 g/mol. The number of aromatic carboxylic acids is 1. The molecule has 0 fully saturated rings. The summed E-state index contributed by atoms with van der Waals surface area (Å²) in [7, 11) is 0. The molecule has 0 aliphatic heterocycles. The number of nitro benzene ring substituents is 1. The molecule has 0 spiro atoms. The fraction of sp³-hybridized carbons (Fsp3) is 0. The molecule has 22 heavy (non-hydrogen) atoms. The molecule has 0 bridgehead atoms. The number of carboxylic acid groups (broad SMARTS) is 1. The summed E-state index contributed by atoms with van der Waals surface area (Å²) in [6.07, 6.45) is 2.18. The van der Waals surface area contributed by atoms with Crippen LogP contribution in [0, 0.1) is 15.9 Å². The first-order valence-corrected chi connectivity index (χ1v) is 5.69. The molecule has 9 nitrogen and oxygen atoms in total. The van der Waals surface area contributed by atoms with Crippen molar-refractivity contribution in [3.8, 4) is 0 Å². The topological polar surface area (TPSA) is 135 Å². The Morgan fingerprint density at radius 2 is 1.86 bits per heavy atom. The van der Waals surface area contributed by atoms with Crippen molar-refractivity contribution in [3.05, 3.63) is 57.9 Å². The van der Waals surface area contributed by atoms with Gasteiger partial charge in [0, 0.05) is 12.4 Å². The predicted molar refractivity (Wildman–Crippen MR) is 70.0 cm³/mol. The largest absolute Gasteiger partial charge is 0.476 e. The number of hydrogen-bond acceptors (Lipinski definition) is 6. The summed E-state index contributed by atoms with van der Waals surface area (Å²) in [4.78, 5) is 40.0. The van der Waals surface area contributed by atoms with Crippen molar-refractivity contribution in [1.82, 2.24) is 9.97 Å². The summed E-state index contributed by atoms with van der Waals surface area (Å²) < 4.78 is 13.0. The van der Waals surface area contributed by atoms with E-state index in [0.29, 0.717) is 6.07 Å². The minimum absolute atomic E-state index is 0.293. The molecule has 0 radical (unpaired) electrons. The van der Waals surface area contributed by atoms with Crippen LogP contribution in [-0.2, 0) is 0 Å². The maximum absolute atomic E-state index is 13.0. The van der Waals surface area contributed by atoms with Crippen molar-refractivity contribution in [1.29, 1.82) is 0 Å². The van der Waals surface area contributed by atoms with E-state index in [9.17, 15) is 24.1 Å². The standard InChI is InChI=1S/C12H7FN4O5/c13-6-1-2-7(8(5-6)17(21)22)16-11(18)9-10(12(19)20)15-4-3-14-9/h1-5H,(H,16,18)(H,19,20). The smallest absolute Gasteiger partial charge is 0.356 e. The number of nitrogens with zero attached hydrogens (tertiary/aromatic N) is 3. The van der Waals surface area contributed by atoms with E-state index in [1.807, 2.05) is 0 Å². The number of hydrogen-bond donors (Lipinski definition) is 2. The number of aromatic nitrogens is 2. The van der Waals surface area contributed by atoms with E-state index in [0.717, 1.165) is 24.5 Å². The second-order valence-corrected chi connectivity index (χ2v) is 3.93. The summed E-state index contributed by atoms with van der Waals surface area (Å²) in [5.41, 5.74) is -2.09. The highest BCUT2D eigenvalue weighted by Gasteiger charge is 2.22. The second kappa shape index (κ2) is 5.91. The van der Waals surface area contributed by atoms with Gasteiger partial charge in [0.2, 0.25) is 0 Å². The third kappa shape index (κ3) is 3.00. The molecule has 0 saturated heterocycles. The van der Waals surface area contributed by atoms with Gasteiger partial charge in [-0.2, -0.15) is 0 Å². The lowest BCUT2D eigenvalue weighted by molar-refractivity contribution is -0.384. The Labute approximate surface area is 121 Å². The molecule has 10 heteroatoms. The average Bonchev–Trinajstić information content (AvgIpc) is 2.48. The summed E-state index contributed by atoms with van der Waals surface area (Å²) >= 11 is 0. The quantitative estimate of drug-likeness (QED) is 0.644. The fourth-order valence-electron chi connectivity index (χ4n) is 1.60. The van der Waals surface area contributed by atoms with E-state index in [-0.39, 0.29) is 5.69 Å². The number of benzene rings is 1. The van der Waals surface area contributed by atoms with Gasteiger partial charge in [-0.1, -0.05) is 0 Å². The minimum Gasteiger partial charge on any atom is -0.476 e. The van der Waals surface area contributed by atoms with Crippen molar-refractivity contribution in [2.75, 3.05) is 5.32 Å². The summed E-state index contributed by atoms with van der Waals surface area (Å²) in [5.74, 6) is -3.34. The van der Waals surface area contributed by atoms with Crippen LogP contribution in [0.1, 0.15) is 21.0 Å². The number of carboxylic acids is 1. The van der Waals surface area contributed by atoms with E-state index in [4.69, 9.17) is 5.11 Å². The first-order valence-electron chi connectivity index (χ1n) is 5.69. The van der Waals surface area contributed by atoms with E-state index >= 15 is 0 Å². The van der Waals surface area contributed by atoms with E-state index in [2.05, 4.69) is 15.3 Å². The zero-order valence-corrected chi connectivity index (χ0v) is 10.7. The molecule has 1 amide bonds. The SMILES string of the molecule is O=C(O)c1nccnc1C(=O)Nc1ccc(F)cc1[N+](=O)[O-]. The molecule has 1 aromatic carbocycles. The summed E-state index contributed by atoms with van der Waals surface area (Å²) in [5, 5.41) is 21.9. The first-order chi connectivity index (χ1) is 10.4. The highest BCUT2D eigenvalue weighted by atomic mass is 19.1. The molecule has 0 unspecified atom stereocenters. The van der Waals surface area contributed by atoms with Gasteiger partial charge >= 0.3 is 5.97 Å². The van der Waals surface area contributed by atoms with Crippen LogP contribution in [0.3, 0.4) is 0 Å². The predicted octanol–water partition coefficient (Wildman–Crippen LogP) is 1.47. The zero-order valence-electron chi connectivity index (χ0n) is 10.7. The number of anilines is 1. The van der Waals surface area contributed by atoms with Crippen molar-refractivity contribution < 1.29 is 24.0 Å². The van der Waals surface area contributed by atoms with Crippen LogP contribution in [0.5, 0.6) is 0 Å². The summed E-state index contributed by atoms with van der Waals surface area (Å²) in [6, 6.07) is 2.53. The molecule has 0 atom stereocenters. The van der Waals surface area contributed by atoms with Crippen LogP contribution in [0.25, 0.3) is 0 Å². The van der Waals surface area contributed by atoms with Crippen LogP contribution >= 0.6 is 0 Å². The maximum Gasteiger partial charge on any atom is 0.356 e. The lowest BCUT2D eigenvalue weighted by Crippen LogP contribution is -2.20. The Kier molecular flexibility index (Phi) is 4.02. The Morgan fingerprint density at radius 1 is 1.23 bits per heavy atom. The highest BCUT2D eigenvalue weighted by Crippen LogP contribution is 2.25. The zero-order chi connectivity index (χ0) is 16.3. The molecular formula is C12H7FN4O5. The lowest BCUT2D eigenvalue weighted by atomic mass is 10.2. The van der Waals surface area contributed by atoms with Crippen LogP contribution in [-0.4, -0.2) is 31.9 Å². The number of carbonyl (C=O) groups excluding carboxylic acids is 1. The van der Waals surface area contributed by atoms with Crippen molar-refractivity contribution >= 4 is 23.3 Å². The van der Waals surface area contributed by atoms with Gasteiger partial charge in [-0.15, -0.1) is 0 Å². The van der Waals surface area contributed by atoms with Crippen LogP contribution in [0.15, 0.2) is 30.6 Å². The number of carbonyl (C=O) groups is 2. The Morgan fingerprint density at radius 3 is 2.45 bits per heavy atom. The number of halogens is 1. The maximum atomic E-state index is 13.0. The van der Waals surface area contributed by atoms with Gasteiger partial charge in [-0.25, -0.2) is 19.2 Å². The molecule has 112 valence electrons. The molecule has 2 aromatic rings. The van der Waals surface area contributed by atoms with Gasteiger partial charge < -0.3 is 10.4 Å². The van der Waals surface area contributed by atoms with Crippen LogP contribution in [0.4, 0.5) is 15.8 Å². The Hall–Kier alpha value is -3.43. The highest BCUT2D eigenvalue weighted by molar-refractivity contribution is 6.09. The van der Waals surface area contributed by atoms with Crippen LogP contribution in [0.2, 0.25) is 0 Å². The third-order valence-corrected chi connectivity index (χ3v) is 2.52. The number of rotatable bonds is 4.